The number of hydrogen-bond donors (Lipinski definition) is 2. The Hall–Kier alpha value is -1.79. The highest BCUT2D eigenvalue weighted by Crippen LogP contribution is 2.25. The summed E-state index contributed by atoms with van der Waals surface area (Å²) in [5.41, 5.74) is 6.14. The molecule has 2 aromatic rings. The summed E-state index contributed by atoms with van der Waals surface area (Å²) in [5.74, 6) is 0. The predicted molar refractivity (Wildman–Crippen MR) is 101 cm³/mol. The smallest absolute Gasteiger partial charge is 0.257 e. The fourth-order valence-corrected chi connectivity index (χ4v) is 2.31. The summed E-state index contributed by atoms with van der Waals surface area (Å²) in [6, 6.07) is 1.97. The van der Waals surface area contributed by atoms with E-state index in [1.165, 1.54) is 25.5 Å². The summed E-state index contributed by atoms with van der Waals surface area (Å²) in [4.78, 5) is 28.3. The van der Waals surface area contributed by atoms with Gasteiger partial charge < -0.3 is 10.7 Å². The van der Waals surface area contributed by atoms with Gasteiger partial charge >= 0.3 is 0 Å². The van der Waals surface area contributed by atoms with Gasteiger partial charge in [-0.15, -0.1) is 0 Å². The molecule has 0 spiro atoms. The lowest BCUT2D eigenvalue weighted by atomic mass is 9.93. The molecule has 3 N–H and O–H groups in total. The van der Waals surface area contributed by atoms with E-state index in [4.69, 9.17) is 17.3 Å². The number of nitroso groups, excluding NO2 is 1. The number of pyridine rings is 2. The number of nitrogens with two attached hydrogens (primary N) is 1. The van der Waals surface area contributed by atoms with Crippen LogP contribution in [0.25, 0.3) is 10.8 Å². The maximum Gasteiger partial charge on any atom is 0.257 e. The van der Waals surface area contributed by atoms with Crippen LogP contribution in [0.3, 0.4) is 0 Å². The highest BCUT2D eigenvalue weighted by molar-refractivity contribution is 6.30. The summed E-state index contributed by atoms with van der Waals surface area (Å²) in [6.07, 6.45) is 8.68. The SMILES string of the molecule is C1CC1.CC(C)(N)c1c[nH]c(=O)c2cnc(Cl)cc12.CC1CC[N+]1=O. The first kappa shape index (κ1) is 19.5. The van der Waals surface area contributed by atoms with E-state index in [0.29, 0.717) is 16.6 Å². The lowest BCUT2D eigenvalue weighted by Gasteiger charge is -2.20. The fraction of sp³-hybridized carbons (Fsp3) is 0.556. The maximum absolute atomic E-state index is 11.6. The largest absolute Gasteiger partial charge is 0.328 e. The third-order valence-corrected chi connectivity index (χ3v) is 4.27. The first-order valence-corrected chi connectivity index (χ1v) is 8.98. The van der Waals surface area contributed by atoms with Gasteiger partial charge in [-0.05, 0) is 30.9 Å². The molecule has 1 atom stereocenters. The summed E-state index contributed by atoms with van der Waals surface area (Å²) < 4.78 is 1.10. The molecule has 0 aromatic carbocycles. The summed E-state index contributed by atoms with van der Waals surface area (Å²) in [7, 11) is 0. The van der Waals surface area contributed by atoms with Crippen LogP contribution in [0.15, 0.2) is 23.3 Å². The third kappa shape index (κ3) is 5.61. The van der Waals surface area contributed by atoms with Crippen LogP contribution in [0.2, 0.25) is 5.15 Å². The molecule has 3 heterocycles. The second-order valence-electron chi connectivity index (χ2n) is 7.14. The first-order valence-electron chi connectivity index (χ1n) is 8.60. The molecule has 6 nitrogen and oxygen atoms in total. The van der Waals surface area contributed by atoms with Gasteiger partial charge in [0.05, 0.1) is 11.8 Å². The fourth-order valence-electron chi connectivity index (χ4n) is 2.15. The lowest BCUT2D eigenvalue weighted by Crippen LogP contribution is -2.34. The minimum atomic E-state index is -0.548. The van der Waals surface area contributed by atoms with Crippen LogP contribution >= 0.6 is 11.6 Å². The van der Waals surface area contributed by atoms with E-state index in [9.17, 15) is 9.70 Å². The molecule has 2 aromatic heterocycles. The molecule has 1 unspecified atom stereocenters. The van der Waals surface area contributed by atoms with Crippen LogP contribution in [0.5, 0.6) is 0 Å². The van der Waals surface area contributed by atoms with Crippen molar-refractivity contribution >= 4 is 22.4 Å². The van der Waals surface area contributed by atoms with E-state index < -0.39 is 5.54 Å². The van der Waals surface area contributed by atoms with E-state index in [1.807, 2.05) is 20.8 Å². The number of H-pyrrole nitrogens is 1. The summed E-state index contributed by atoms with van der Waals surface area (Å²) in [6.45, 7) is 6.43. The van der Waals surface area contributed by atoms with Gasteiger partial charge in [-0.25, -0.2) is 4.98 Å². The van der Waals surface area contributed by atoms with Crippen molar-refractivity contribution in [3.8, 4) is 0 Å². The lowest BCUT2D eigenvalue weighted by molar-refractivity contribution is -0.639. The predicted octanol–water partition coefficient (Wildman–Crippen LogP) is 3.50. The standard InChI is InChI=1S/C11H12ClN3O.C4H8NO.C3H6/c1-11(2,13)8-5-15-10(16)7-4-14-9(12)3-6(7)8;1-4-2-3-5(4)6;1-2-3-1/h3-5H,13H2,1-2H3,(H,15,16);4H,2-3H2,1H3;1-3H2/q;+1;. The summed E-state index contributed by atoms with van der Waals surface area (Å²) in [5, 5.41) is 1.60. The minimum Gasteiger partial charge on any atom is -0.328 e. The average Bonchev–Trinajstić information content (AvgIpc) is 3.41. The van der Waals surface area contributed by atoms with Crippen LogP contribution in [0.4, 0.5) is 0 Å². The Morgan fingerprint density at radius 2 is 1.92 bits per heavy atom. The molecule has 1 aliphatic carbocycles. The van der Waals surface area contributed by atoms with E-state index in [0.717, 1.165) is 28.7 Å². The maximum atomic E-state index is 11.6. The number of rotatable bonds is 1. The number of aromatic nitrogens is 2. The number of fused-ring (bicyclic) bond motifs is 1. The Bertz CT molecular complexity index is 806. The number of nitrogens with one attached hydrogen (secondary N) is 1. The minimum absolute atomic E-state index is 0.188. The molecular weight excluding hydrogens is 340 g/mol. The van der Waals surface area contributed by atoms with Crippen LogP contribution < -0.4 is 11.3 Å². The van der Waals surface area contributed by atoms with Crippen molar-refractivity contribution in [3.63, 3.8) is 0 Å². The molecule has 2 fully saturated rings. The van der Waals surface area contributed by atoms with Crippen molar-refractivity contribution in [3.05, 3.63) is 44.4 Å². The zero-order valence-electron chi connectivity index (χ0n) is 15.0. The Morgan fingerprint density at radius 1 is 1.32 bits per heavy atom. The molecule has 1 aliphatic heterocycles. The van der Waals surface area contributed by atoms with Gasteiger partial charge in [0, 0.05) is 34.5 Å². The van der Waals surface area contributed by atoms with Gasteiger partial charge in [0.15, 0.2) is 6.54 Å². The van der Waals surface area contributed by atoms with Crippen LogP contribution in [-0.4, -0.2) is 27.3 Å². The molecule has 0 amide bonds. The van der Waals surface area contributed by atoms with E-state index in [-0.39, 0.29) is 5.56 Å². The molecule has 25 heavy (non-hydrogen) atoms. The molecule has 4 rings (SSSR count). The normalized spacial score (nSPS) is 18.4. The Balaban J connectivity index is 0.000000203. The molecular formula is C18H26ClN4O2+. The summed E-state index contributed by atoms with van der Waals surface area (Å²) >= 11 is 5.83. The van der Waals surface area contributed by atoms with Gasteiger partial charge in [0.25, 0.3) is 5.56 Å². The second-order valence-corrected chi connectivity index (χ2v) is 7.53. The third-order valence-electron chi connectivity index (χ3n) is 4.06. The van der Waals surface area contributed by atoms with E-state index in [1.54, 1.807) is 12.3 Å². The van der Waals surface area contributed by atoms with Gasteiger partial charge in [-0.1, -0.05) is 30.9 Å². The van der Waals surface area contributed by atoms with Crippen LogP contribution in [0.1, 0.15) is 52.0 Å². The second kappa shape index (κ2) is 8.06. The molecule has 1 saturated carbocycles. The van der Waals surface area contributed by atoms with Crippen molar-refractivity contribution in [2.75, 3.05) is 6.54 Å². The molecule has 1 saturated heterocycles. The molecule has 0 bridgehead atoms. The van der Waals surface area contributed by atoms with Gasteiger partial charge in [-0.2, -0.15) is 0 Å². The van der Waals surface area contributed by atoms with Crippen molar-refractivity contribution in [1.82, 2.24) is 9.97 Å². The highest BCUT2D eigenvalue weighted by Gasteiger charge is 2.31. The van der Waals surface area contributed by atoms with Crippen LogP contribution in [-0.2, 0) is 5.54 Å². The molecule has 136 valence electrons. The number of halogens is 1. The highest BCUT2D eigenvalue weighted by atomic mass is 35.5. The number of aromatic amines is 1. The zero-order valence-corrected chi connectivity index (χ0v) is 15.8. The van der Waals surface area contributed by atoms with Gasteiger partial charge in [-0.3, -0.25) is 4.79 Å². The quantitative estimate of drug-likeness (QED) is 0.597. The van der Waals surface area contributed by atoms with Crippen molar-refractivity contribution in [2.45, 2.75) is 58.0 Å². The van der Waals surface area contributed by atoms with Crippen molar-refractivity contribution in [1.29, 1.82) is 0 Å². The van der Waals surface area contributed by atoms with E-state index >= 15 is 0 Å². The molecule has 7 heteroatoms. The van der Waals surface area contributed by atoms with Crippen LogP contribution in [0, 0.1) is 4.91 Å². The monoisotopic (exact) mass is 365 g/mol. The number of nitrogens with zero attached hydrogens (tertiary/aromatic N) is 2. The zero-order chi connectivity index (χ0) is 18.6. The van der Waals surface area contributed by atoms with Gasteiger partial charge in [0.1, 0.15) is 5.15 Å². The van der Waals surface area contributed by atoms with Crippen molar-refractivity contribution < 1.29 is 4.76 Å². The van der Waals surface area contributed by atoms with Crippen molar-refractivity contribution in [2.24, 2.45) is 5.73 Å². The molecule has 0 radical (unpaired) electrons. The Kier molecular flexibility index (Phi) is 6.30. The van der Waals surface area contributed by atoms with E-state index in [2.05, 4.69) is 9.97 Å². The Labute approximate surface area is 152 Å². The number of hydrogen-bond acceptors (Lipinski definition) is 4. The molecule has 2 aliphatic rings. The Morgan fingerprint density at radius 3 is 2.32 bits per heavy atom. The topological polar surface area (TPSA) is 91.9 Å². The first-order chi connectivity index (χ1) is 11.7. The average molecular weight is 366 g/mol. The van der Waals surface area contributed by atoms with Gasteiger partial charge in [0.2, 0.25) is 6.04 Å².